The van der Waals surface area contributed by atoms with Gasteiger partial charge in [-0.15, -0.1) is 0 Å². The molecule has 2 atom stereocenters. The number of ether oxygens (including phenoxy) is 2. The Morgan fingerprint density at radius 1 is 0.733 bits per heavy atom. The molecule has 154 valence electrons. The minimum Gasteiger partial charge on any atom is -0.497 e. The Balaban J connectivity index is 1.79. The third-order valence-corrected chi connectivity index (χ3v) is 4.95. The van der Waals surface area contributed by atoms with E-state index in [4.69, 9.17) is 18.3 Å². The van der Waals surface area contributed by atoms with E-state index < -0.39 is 23.1 Å². The average Bonchev–Trinajstić information content (AvgIpc) is 2.78. The van der Waals surface area contributed by atoms with Gasteiger partial charge in [-0.1, -0.05) is 0 Å². The van der Waals surface area contributed by atoms with Gasteiger partial charge < -0.3 is 28.5 Å². The zero-order chi connectivity index (χ0) is 21.4. The summed E-state index contributed by atoms with van der Waals surface area (Å²) in [7, 11) is 2.92. The lowest BCUT2D eigenvalue weighted by atomic mass is 9.98. The summed E-state index contributed by atoms with van der Waals surface area (Å²) in [6.45, 7) is 0. The summed E-state index contributed by atoms with van der Waals surface area (Å²) in [5.74, 6) is 0.872. The molecule has 0 aliphatic rings. The van der Waals surface area contributed by atoms with Crippen molar-refractivity contribution < 1.29 is 28.5 Å². The molecule has 0 aliphatic heterocycles. The molecule has 0 fully saturated rings. The number of aliphatic hydroxyl groups excluding tert-OH is 2. The van der Waals surface area contributed by atoms with E-state index in [2.05, 4.69) is 0 Å². The van der Waals surface area contributed by atoms with Crippen LogP contribution in [0.25, 0.3) is 21.9 Å². The van der Waals surface area contributed by atoms with Crippen LogP contribution in [0.15, 0.2) is 67.3 Å². The van der Waals surface area contributed by atoms with E-state index in [1.54, 1.807) is 24.3 Å². The first-order chi connectivity index (χ1) is 14.4. The molecule has 2 aromatic heterocycles. The maximum atomic E-state index is 12.8. The second-order valence-corrected chi connectivity index (χ2v) is 6.65. The van der Waals surface area contributed by atoms with Crippen molar-refractivity contribution in [3.63, 3.8) is 0 Å². The first kappa shape index (κ1) is 19.7. The lowest BCUT2D eigenvalue weighted by Gasteiger charge is -2.17. The Kier molecular flexibility index (Phi) is 5.03. The van der Waals surface area contributed by atoms with Crippen LogP contribution in [0.3, 0.4) is 0 Å². The average molecular weight is 410 g/mol. The smallest absolute Gasteiger partial charge is 0.198 e. The Labute approximate surface area is 169 Å². The van der Waals surface area contributed by atoms with Crippen LogP contribution < -0.4 is 20.3 Å². The van der Waals surface area contributed by atoms with Crippen molar-refractivity contribution in [2.45, 2.75) is 12.2 Å². The minimum atomic E-state index is -1.72. The Bertz CT molecular complexity index is 1250. The molecule has 8 heteroatoms. The van der Waals surface area contributed by atoms with Crippen molar-refractivity contribution in [3.8, 4) is 11.5 Å². The number of benzene rings is 2. The van der Waals surface area contributed by atoms with Crippen molar-refractivity contribution in [2.24, 2.45) is 0 Å². The molecule has 0 spiro atoms. The van der Waals surface area contributed by atoms with Gasteiger partial charge in [-0.2, -0.15) is 0 Å². The van der Waals surface area contributed by atoms with E-state index in [9.17, 15) is 19.8 Å². The van der Waals surface area contributed by atoms with Crippen molar-refractivity contribution in [3.05, 3.63) is 80.5 Å². The van der Waals surface area contributed by atoms with E-state index in [1.165, 1.54) is 26.4 Å². The number of hydrogen-bond acceptors (Lipinski definition) is 8. The van der Waals surface area contributed by atoms with Gasteiger partial charge in [0.25, 0.3) is 0 Å². The molecular weight excluding hydrogens is 392 g/mol. The maximum Gasteiger partial charge on any atom is 0.198 e. The van der Waals surface area contributed by atoms with Gasteiger partial charge in [-0.05, 0) is 36.4 Å². The van der Waals surface area contributed by atoms with Gasteiger partial charge in [0, 0.05) is 0 Å². The number of hydrogen-bond donors (Lipinski definition) is 2. The molecule has 2 unspecified atom stereocenters. The molecule has 0 saturated carbocycles. The van der Waals surface area contributed by atoms with E-state index in [0.29, 0.717) is 22.7 Å². The molecule has 2 N–H and O–H groups in total. The largest absolute Gasteiger partial charge is 0.497 e. The number of rotatable bonds is 5. The lowest BCUT2D eigenvalue weighted by Crippen LogP contribution is -2.23. The standard InChI is InChI=1S/C22H18O8/c1-27-11-3-5-17-13(7-11)19(23)15(9-29-17)21(25)22(26)16-10-30-18-6-4-12(28-2)8-14(18)20(16)24/h3-10,21-22,25-26H,1-2H3. The molecule has 0 aliphatic carbocycles. The predicted molar refractivity (Wildman–Crippen MR) is 108 cm³/mol. The zero-order valence-electron chi connectivity index (χ0n) is 16.1. The number of fused-ring (bicyclic) bond motifs is 2. The van der Waals surface area contributed by atoms with Gasteiger partial charge in [0.05, 0.1) is 36.1 Å². The minimum absolute atomic E-state index is 0.174. The van der Waals surface area contributed by atoms with Gasteiger partial charge in [0.2, 0.25) is 0 Å². The van der Waals surface area contributed by atoms with Crippen LogP contribution in [0.4, 0.5) is 0 Å². The van der Waals surface area contributed by atoms with Gasteiger partial charge in [0.15, 0.2) is 10.9 Å². The molecule has 4 aromatic rings. The zero-order valence-corrected chi connectivity index (χ0v) is 16.1. The summed E-state index contributed by atoms with van der Waals surface area (Å²) in [6.07, 6.45) is -1.31. The van der Waals surface area contributed by atoms with Crippen molar-refractivity contribution >= 4 is 21.9 Å². The Morgan fingerprint density at radius 2 is 1.13 bits per heavy atom. The SMILES string of the molecule is COc1ccc2occ(C(O)C(O)c3coc4ccc(OC)cc4c3=O)c(=O)c2c1. The Morgan fingerprint density at radius 3 is 1.50 bits per heavy atom. The van der Waals surface area contributed by atoms with Gasteiger partial charge >= 0.3 is 0 Å². The van der Waals surface area contributed by atoms with Gasteiger partial charge in [-0.25, -0.2) is 0 Å². The van der Waals surface area contributed by atoms with E-state index in [-0.39, 0.29) is 21.9 Å². The summed E-state index contributed by atoms with van der Waals surface area (Å²) in [4.78, 5) is 25.7. The van der Waals surface area contributed by atoms with E-state index in [0.717, 1.165) is 12.5 Å². The second kappa shape index (κ2) is 7.66. The molecular formula is C22H18O8. The lowest BCUT2D eigenvalue weighted by molar-refractivity contribution is 0.0143. The predicted octanol–water partition coefficient (Wildman–Crippen LogP) is 2.68. The fraction of sp³-hybridized carbons (Fsp3) is 0.182. The topological polar surface area (TPSA) is 119 Å². The van der Waals surface area contributed by atoms with Crippen molar-refractivity contribution in [1.29, 1.82) is 0 Å². The molecule has 8 nitrogen and oxygen atoms in total. The van der Waals surface area contributed by atoms with Crippen LogP contribution in [-0.2, 0) is 0 Å². The fourth-order valence-corrected chi connectivity index (χ4v) is 3.25. The number of aliphatic hydroxyl groups is 2. The highest BCUT2D eigenvalue weighted by Crippen LogP contribution is 2.29. The highest BCUT2D eigenvalue weighted by atomic mass is 16.5. The van der Waals surface area contributed by atoms with Crippen LogP contribution in [0.5, 0.6) is 11.5 Å². The third-order valence-electron chi connectivity index (χ3n) is 4.95. The van der Waals surface area contributed by atoms with Crippen LogP contribution in [0.1, 0.15) is 23.3 Å². The monoisotopic (exact) mass is 410 g/mol. The highest BCUT2D eigenvalue weighted by molar-refractivity contribution is 5.79. The summed E-state index contributed by atoms with van der Waals surface area (Å²) in [5, 5.41) is 21.7. The Hall–Kier alpha value is -3.62. The van der Waals surface area contributed by atoms with E-state index in [1.807, 2.05) is 0 Å². The molecule has 2 heterocycles. The summed E-state index contributed by atoms with van der Waals surface area (Å²) >= 11 is 0. The quantitative estimate of drug-likeness (QED) is 0.515. The summed E-state index contributed by atoms with van der Waals surface area (Å²) < 4.78 is 21.1. The van der Waals surface area contributed by atoms with Gasteiger partial charge in [0.1, 0.15) is 47.4 Å². The van der Waals surface area contributed by atoms with E-state index >= 15 is 0 Å². The molecule has 0 amide bonds. The maximum absolute atomic E-state index is 12.8. The van der Waals surface area contributed by atoms with Crippen LogP contribution in [0, 0.1) is 0 Å². The normalized spacial score (nSPS) is 13.3. The number of methoxy groups -OCH3 is 2. The van der Waals surface area contributed by atoms with Crippen LogP contribution in [-0.4, -0.2) is 24.4 Å². The van der Waals surface area contributed by atoms with Crippen molar-refractivity contribution in [2.75, 3.05) is 14.2 Å². The molecule has 30 heavy (non-hydrogen) atoms. The fourth-order valence-electron chi connectivity index (χ4n) is 3.25. The highest BCUT2D eigenvalue weighted by Gasteiger charge is 2.27. The third kappa shape index (κ3) is 3.22. The molecule has 0 radical (unpaired) electrons. The van der Waals surface area contributed by atoms with Crippen LogP contribution in [0.2, 0.25) is 0 Å². The molecule has 0 bridgehead atoms. The van der Waals surface area contributed by atoms with Gasteiger partial charge in [-0.3, -0.25) is 9.59 Å². The first-order valence-electron chi connectivity index (χ1n) is 8.99. The van der Waals surface area contributed by atoms with Crippen LogP contribution >= 0.6 is 0 Å². The molecule has 4 rings (SSSR count). The molecule has 0 saturated heterocycles. The molecule has 2 aromatic carbocycles. The first-order valence-corrected chi connectivity index (χ1v) is 8.99. The summed E-state index contributed by atoms with van der Waals surface area (Å²) in [6, 6.07) is 9.33. The second-order valence-electron chi connectivity index (χ2n) is 6.65. The summed E-state index contributed by atoms with van der Waals surface area (Å²) in [5.41, 5.74) is -0.906. The van der Waals surface area contributed by atoms with Crippen molar-refractivity contribution in [1.82, 2.24) is 0 Å².